The minimum atomic E-state index is 0.0765. The van der Waals surface area contributed by atoms with Crippen molar-refractivity contribution in [2.24, 2.45) is 23.2 Å². The van der Waals surface area contributed by atoms with Crippen LogP contribution in [-0.4, -0.2) is 49.4 Å². The lowest BCUT2D eigenvalue weighted by Gasteiger charge is -2.56. The zero-order valence-electron chi connectivity index (χ0n) is 18.1. The smallest absolute Gasteiger partial charge is 0.242 e. The van der Waals surface area contributed by atoms with Crippen LogP contribution in [0.25, 0.3) is 0 Å². The van der Waals surface area contributed by atoms with Gasteiger partial charge in [-0.25, -0.2) is 0 Å². The fourth-order valence-electron chi connectivity index (χ4n) is 7.33. The zero-order chi connectivity index (χ0) is 20.6. The summed E-state index contributed by atoms with van der Waals surface area (Å²) in [4.78, 5) is 28.8. The number of piperazine rings is 1. The lowest BCUT2D eigenvalue weighted by atomic mass is 9.49. The lowest BCUT2D eigenvalue weighted by molar-refractivity contribution is -0.917. The fraction of sp³-hybridized carbons (Fsp3) is 0.680. The minimum Gasteiger partial charge on any atom is -0.347 e. The molecule has 2 N–H and O–H groups in total. The normalized spacial score (nSPS) is 32.9. The number of nitrogens with zero attached hydrogens (tertiary/aromatic N) is 1. The van der Waals surface area contributed by atoms with E-state index in [1.54, 1.807) is 0 Å². The topological polar surface area (TPSA) is 53.9 Å². The predicted octanol–water partition coefficient (Wildman–Crippen LogP) is 1.64. The molecular weight excluding hydrogens is 374 g/mol. The van der Waals surface area contributed by atoms with Crippen molar-refractivity contribution >= 4 is 11.8 Å². The van der Waals surface area contributed by atoms with Crippen molar-refractivity contribution in [1.82, 2.24) is 10.2 Å². The number of hydrogen-bond donors (Lipinski definition) is 2. The van der Waals surface area contributed by atoms with Crippen LogP contribution in [0.1, 0.15) is 50.5 Å². The number of amides is 2. The number of carbonyl (C=O) groups excluding carboxylic acids is 2. The summed E-state index contributed by atoms with van der Waals surface area (Å²) >= 11 is 0. The third-order valence-corrected chi connectivity index (χ3v) is 8.26. The molecule has 1 aromatic rings. The third-order valence-electron chi connectivity index (χ3n) is 8.26. The lowest BCUT2D eigenvalue weighted by Crippen LogP contribution is -3.13. The van der Waals surface area contributed by atoms with E-state index in [-0.39, 0.29) is 23.8 Å². The molecule has 0 atom stereocenters. The quantitative estimate of drug-likeness (QED) is 0.749. The molecule has 4 aliphatic carbocycles. The summed E-state index contributed by atoms with van der Waals surface area (Å²) in [6, 6.07) is 10.6. The van der Waals surface area contributed by atoms with E-state index < -0.39 is 0 Å². The molecule has 4 saturated carbocycles. The van der Waals surface area contributed by atoms with Gasteiger partial charge < -0.3 is 15.1 Å². The monoisotopic (exact) mass is 410 g/mol. The predicted molar refractivity (Wildman–Crippen MR) is 116 cm³/mol. The van der Waals surface area contributed by atoms with Gasteiger partial charge in [0.05, 0.1) is 32.7 Å². The average Bonchev–Trinajstić information content (AvgIpc) is 2.72. The van der Waals surface area contributed by atoms with Crippen molar-refractivity contribution < 1.29 is 14.5 Å². The second-order valence-electron chi connectivity index (χ2n) is 10.7. The number of quaternary nitrogens is 1. The molecule has 0 spiro atoms. The van der Waals surface area contributed by atoms with E-state index in [1.165, 1.54) is 49.0 Å². The van der Waals surface area contributed by atoms with E-state index in [2.05, 4.69) is 29.6 Å². The number of rotatable bonds is 6. The van der Waals surface area contributed by atoms with E-state index in [9.17, 15) is 9.59 Å². The number of nitrogens with one attached hydrogen (secondary N) is 2. The number of carbonyl (C=O) groups is 2. The zero-order valence-corrected chi connectivity index (χ0v) is 18.1. The molecule has 30 heavy (non-hydrogen) atoms. The Balaban J connectivity index is 1.05. The second-order valence-corrected chi connectivity index (χ2v) is 10.7. The molecule has 5 fully saturated rings. The van der Waals surface area contributed by atoms with Gasteiger partial charge in [-0.15, -0.1) is 0 Å². The Hall–Kier alpha value is -1.88. The number of hydrogen-bond acceptors (Lipinski definition) is 2. The van der Waals surface area contributed by atoms with Gasteiger partial charge in [0.1, 0.15) is 6.54 Å². The van der Waals surface area contributed by atoms with E-state index in [4.69, 9.17) is 0 Å². The molecule has 5 nitrogen and oxygen atoms in total. The first-order valence-corrected chi connectivity index (χ1v) is 12.0. The van der Waals surface area contributed by atoms with Crippen molar-refractivity contribution in [3.05, 3.63) is 35.9 Å². The van der Waals surface area contributed by atoms with Crippen LogP contribution in [-0.2, 0) is 16.1 Å². The standard InChI is InChI=1S/C25H35N3O2/c29-23(16-25-13-20-10-21(14-25)12-22(11-20)15-25)26-17-24(30)28-8-6-27(7-9-28)18-19-4-2-1-3-5-19/h1-5,20-22H,6-18H2,(H,26,29)/p+1. The van der Waals surface area contributed by atoms with E-state index >= 15 is 0 Å². The summed E-state index contributed by atoms with van der Waals surface area (Å²) < 4.78 is 0. The summed E-state index contributed by atoms with van der Waals surface area (Å²) in [5.41, 5.74) is 1.60. The number of benzene rings is 1. The van der Waals surface area contributed by atoms with Crippen molar-refractivity contribution in [2.75, 3.05) is 32.7 Å². The fourth-order valence-corrected chi connectivity index (χ4v) is 7.33. The Labute approximate surface area is 180 Å². The van der Waals surface area contributed by atoms with Gasteiger partial charge in [0, 0.05) is 12.0 Å². The second kappa shape index (κ2) is 8.33. The van der Waals surface area contributed by atoms with E-state index in [0.717, 1.165) is 50.5 Å². The van der Waals surface area contributed by atoms with E-state index in [1.807, 2.05) is 11.0 Å². The van der Waals surface area contributed by atoms with Crippen molar-refractivity contribution in [3.63, 3.8) is 0 Å². The van der Waals surface area contributed by atoms with Crippen LogP contribution in [0.4, 0.5) is 0 Å². The highest BCUT2D eigenvalue weighted by Gasteiger charge is 2.51. The SMILES string of the molecule is O=C(CC12CC3CC(CC(C3)C1)C2)NCC(=O)N1CC[NH+](Cc2ccccc2)CC1. The molecule has 162 valence electrons. The van der Waals surface area contributed by atoms with Gasteiger partial charge in [-0.3, -0.25) is 9.59 Å². The molecule has 0 radical (unpaired) electrons. The van der Waals surface area contributed by atoms with Crippen LogP contribution < -0.4 is 10.2 Å². The van der Waals surface area contributed by atoms with Gasteiger partial charge in [0.2, 0.25) is 11.8 Å². The molecule has 0 aromatic heterocycles. The molecule has 5 heteroatoms. The molecule has 1 saturated heterocycles. The Kier molecular flexibility index (Phi) is 5.57. The Morgan fingerprint density at radius 2 is 1.57 bits per heavy atom. The van der Waals surface area contributed by atoms with Gasteiger partial charge >= 0.3 is 0 Å². The first-order chi connectivity index (χ1) is 14.6. The highest BCUT2D eigenvalue weighted by Crippen LogP contribution is 2.61. The first kappa shape index (κ1) is 20.0. The van der Waals surface area contributed by atoms with E-state index in [0.29, 0.717) is 6.42 Å². The molecule has 0 unspecified atom stereocenters. The van der Waals surface area contributed by atoms with Crippen molar-refractivity contribution in [2.45, 2.75) is 51.5 Å². The molecule has 1 aliphatic heterocycles. The van der Waals surface area contributed by atoms with Crippen molar-refractivity contribution in [3.8, 4) is 0 Å². The maximum absolute atomic E-state index is 12.7. The maximum atomic E-state index is 12.7. The first-order valence-electron chi connectivity index (χ1n) is 12.0. The Morgan fingerprint density at radius 3 is 2.17 bits per heavy atom. The summed E-state index contributed by atoms with van der Waals surface area (Å²) in [7, 11) is 0. The highest BCUT2D eigenvalue weighted by atomic mass is 16.2. The molecule has 2 amide bonds. The van der Waals surface area contributed by atoms with Gasteiger partial charge in [-0.2, -0.15) is 0 Å². The molecular formula is C25H36N3O2+. The van der Waals surface area contributed by atoms with Gasteiger partial charge in [0.15, 0.2) is 0 Å². The molecule has 5 aliphatic rings. The molecule has 1 aromatic carbocycles. The largest absolute Gasteiger partial charge is 0.347 e. The summed E-state index contributed by atoms with van der Waals surface area (Å²) in [5, 5.41) is 2.97. The Morgan fingerprint density at radius 1 is 0.967 bits per heavy atom. The van der Waals surface area contributed by atoms with Crippen LogP contribution in [0.5, 0.6) is 0 Å². The third kappa shape index (κ3) is 4.41. The summed E-state index contributed by atoms with van der Waals surface area (Å²) in [6.07, 6.45) is 8.57. The van der Waals surface area contributed by atoms with Gasteiger partial charge in [0.25, 0.3) is 0 Å². The Bertz CT molecular complexity index is 735. The maximum Gasteiger partial charge on any atom is 0.242 e. The van der Waals surface area contributed by atoms with Crippen LogP contribution in [0, 0.1) is 23.2 Å². The summed E-state index contributed by atoms with van der Waals surface area (Å²) in [5.74, 6) is 2.76. The van der Waals surface area contributed by atoms with Crippen molar-refractivity contribution in [1.29, 1.82) is 0 Å². The van der Waals surface area contributed by atoms with Crippen LogP contribution in [0.3, 0.4) is 0 Å². The average molecular weight is 411 g/mol. The van der Waals surface area contributed by atoms with Crippen LogP contribution in [0.15, 0.2) is 30.3 Å². The molecule has 6 rings (SSSR count). The molecule has 1 heterocycles. The van der Waals surface area contributed by atoms with Gasteiger partial charge in [-0.05, 0) is 61.7 Å². The van der Waals surface area contributed by atoms with Crippen LogP contribution in [0.2, 0.25) is 0 Å². The van der Waals surface area contributed by atoms with Crippen LogP contribution >= 0.6 is 0 Å². The van der Waals surface area contributed by atoms with Gasteiger partial charge in [-0.1, -0.05) is 30.3 Å². The highest BCUT2D eigenvalue weighted by molar-refractivity contribution is 5.85. The summed E-state index contributed by atoms with van der Waals surface area (Å²) in [6.45, 7) is 4.70. The minimum absolute atomic E-state index is 0.0765. The molecule has 4 bridgehead atoms.